The van der Waals surface area contributed by atoms with Crippen molar-refractivity contribution in [2.45, 2.75) is 11.8 Å². The third-order valence-corrected chi connectivity index (χ3v) is 9.39. The van der Waals surface area contributed by atoms with Gasteiger partial charge < -0.3 is 0 Å². The fourth-order valence-corrected chi connectivity index (χ4v) is 7.49. The zero-order valence-electron chi connectivity index (χ0n) is 22.3. The molecule has 0 amide bonds. The zero-order valence-corrected chi connectivity index (χ0v) is 23.8. The molecular formula is C36H22B3ClS. The molecule has 41 heavy (non-hydrogen) atoms. The Labute approximate surface area is 255 Å². The van der Waals surface area contributed by atoms with Crippen molar-refractivity contribution in [2.24, 2.45) is 0 Å². The molecule has 0 saturated heterocycles. The minimum Gasteiger partial charge on any atom is -0.135 e. The smallest absolute Gasteiger partial charge is 0.125 e. The highest BCUT2D eigenvalue weighted by atomic mass is 35.5. The van der Waals surface area contributed by atoms with E-state index >= 15 is 0 Å². The number of benzene rings is 4. The van der Waals surface area contributed by atoms with E-state index in [1.54, 1.807) is 11.3 Å². The fraction of sp³-hybridized carbons (Fsp3) is 0.0556. The van der Waals surface area contributed by atoms with Crippen LogP contribution in [-0.4, -0.2) is 23.5 Å². The number of terminal acetylenes is 1. The van der Waals surface area contributed by atoms with Crippen molar-refractivity contribution < 1.29 is 0 Å². The second-order valence-electron chi connectivity index (χ2n) is 10.0. The van der Waals surface area contributed by atoms with E-state index in [1.807, 2.05) is 30.3 Å². The molecule has 1 aromatic heterocycles. The van der Waals surface area contributed by atoms with E-state index in [-0.39, 0.29) is 10.9 Å². The largest absolute Gasteiger partial charge is 0.135 e. The molecule has 0 unspecified atom stereocenters. The lowest BCUT2D eigenvalue weighted by Gasteiger charge is -2.36. The van der Waals surface area contributed by atoms with Crippen molar-refractivity contribution in [3.63, 3.8) is 0 Å². The first-order valence-corrected chi connectivity index (χ1v) is 14.5. The summed E-state index contributed by atoms with van der Waals surface area (Å²) in [7, 11) is 19.7. The summed E-state index contributed by atoms with van der Waals surface area (Å²) < 4.78 is 0. The van der Waals surface area contributed by atoms with E-state index in [0.29, 0.717) is 16.9 Å². The molecule has 5 heteroatoms. The van der Waals surface area contributed by atoms with Gasteiger partial charge in [-0.15, -0.1) is 28.7 Å². The van der Waals surface area contributed by atoms with Crippen LogP contribution in [0.25, 0.3) is 20.9 Å². The normalized spacial score (nSPS) is 15.5. The van der Waals surface area contributed by atoms with Crippen molar-refractivity contribution in [1.82, 2.24) is 0 Å². The average molecular weight is 555 g/mol. The number of fused-ring (bicyclic) bond motifs is 1. The third kappa shape index (κ3) is 4.55. The van der Waals surface area contributed by atoms with Crippen LogP contribution in [0.1, 0.15) is 22.3 Å². The van der Waals surface area contributed by atoms with Gasteiger partial charge in [0.05, 0.1) is 5.41 Å². The first kappa shape index (κ1) is 27.3. The van der Waals surface area contributed by atoms with Gasteiger partial charge in [0.2, 0.25) is 0 Å². The van der Waals surface area contributed by atoms with Gasteiger partial charge in [-0.2, -0.15) is 0 Å². The molecule has 1 aliphatic carbocycles. The predicted molar refractivity (Wildman–Crippen MR) is 177 cm³/mol. The molecular weight excluding hydrogens is 532 g/mol. The highest BCUT2D eigenvalue weighted by molar-refractivity contribution is 7.19. The van der Waals surface area contributed by atoms with Gasteiger partial charge in [-0.3, -0.25) is 0 Å². The Morgan fingerprint density at radius 1 is 0.707 bits per heavy atom. The van der Waals surface area contributed by atoms with Crippen molar-refractivity contribution in [1.29, 1.82) is 0 Å². The molecule has 6 rings (SSSR count). The quantitative estimate of drug-likeness (QED) is 0.152. The highest BCUT2D eigenvalue weighted by Gasteiger charge is 2.50. The van der Waals surface area contributed by atoms with Gasteiger partial charge in [0.1, 0.15) is 23.5 Å². The number of hydrogen-bond acceptors (Lipinski definition) is 1. The lowest BCUT2D eigenvalue weighted by Crippen LogP contribution is -2.30. The first-order chi connectivity index (χ1) is 20.0. The Balaban J connectivity index is 1.82. The van der Waals surface area contributed by atoms with E-state index in [9.17, 15) is 0 Å². The van der Waals surface area contributed by atoms with Gasteiger partial charge in [0.15, 0.2) is 0 Å². The first-order valence-electron chi connectivity index (χ1n) is 13.3. The molecule has 0 N–H and O–H groups in total. The van der Waals surface area contributed by atoms with Gasteiger partial charge in [-0.25, -0.2) is 0 Å². The van der Waals surface area contributed by atoms with Crippen LogP contribution in [0.15, 0.2) is 137 Å². The Morgan fingerprint density at radius 2 is 1.22 bits per heavy atom. The van der Waals surface area contributed by atoms with Crippen molar-refractivity contribution in [2.75, 3.05) is 0 Å². The maximum absolute atomic E-state index is 6.99. The van der Waals surface area contributed by atoms with Crippen LogP contribution in [0, 0.1) is 12.3 Å². The minimum absolute atomic E-state index is 0.126. The van der Waals surface area contributed by atoms with E-state index in [2.05, 4.69) is 90.8 Å². The molecule has 0 atom stereocenters. The summed E-state index contributed by atoms with van der Waals surface area (Å²) in [4.78, 5) is 2.34. The van der Waals surface area contributed by atoms with Crippen LogP contribution in [0.2, 0.25) is 5.02 Å². The number of allylic oxidation sites excluding steroid dienone is 4. The topological polar surface area (TPSA) is 0 Å². The van der Waals surface area contributed by atoms with E-state index in [0.717, 1.165) is 27.8 Å². The summed E-state index contributed by atoms with van der Waals surface area (Å²) in [6, 6.07) is 39.5. The van der Waals surface area contributed by atoms with Crippen LogP contribution in [0.5, 0.6) is 0 Å². The zero-order chi connectivity index (χ0) is 28.6. The number of thiophene rings is 1. The molecule has 1 aliphatic rings. The monoisotopic (exact) mass is 554 g/mol. The molecule has 0 bridgehead atoms. The minimum atomic E-state index is -0.742. The molecule has 4 aromatic carbocycles. The molecule has 188 valence electrons. The lowest BCUT2D eigenvalue weighted by atomic mass is 9.60. The Hall–Kier alpha value is -3.90. The standard InChI is InChI=1S/C36H22B3ClS/c1-2-30(37)33(39)32(38)29-22-28-31(36(29,25-14-8-4-9-15-25)26-16-10-5-11-17-26)35(23-12-6-3-7-13-23)41-34(28)24-18-20-27(40)21-19-24/h1,3-21H,22H2/b32-29-,33-30-. The Kier molecular flexibility index (Phi) is 7.44. The van der Waals surface area contributed by atoms with Crippen LogP contribution < -0.4 is 0 Å². The predicted octanol–water partition coefficient (Wildman–Crippen LogP) is 8.23. The van der Waals surface area contributed by atoms with Crippen molar-refractivity contribution >= 4 is 46.5 Å². The van der Waals surface area contributed by atoms with Gasteiger partial charge in [-0.1, -0.05) is 132 Å². The summed E-state index contributed by atoms with van der Waals surface area (Å²) >= 11 is 8.09. The summed E-state index contributed by atoms with van der Waals surface area (Å²) in [6.45, 7) is 0. The van der Waals surface area contributed by atoms with Crippen LogP contribution in [-0.2, 0) is 11.8 Å². The van der Waals surface area contributed by atoms with E-state index in [4.69, 9.17) is 41.6 Å². The maximum atomic E-state index is 6.99. The van der Waals surface area contributed by atoms with Crippen LogP contribution in [0.3, 0.4) is 0 Å². The second-order valence-corrected chi connectivity index (χ2v) is 11.5. The summed E-state index contributed by atoms with van der Waals surface area (Å²) in [5, 5.41) is 0.695. The van der Waals surface area contributed by atoms with E-state index < -0.39 is 5.41 Å². The molecule has 6 radical (unpaired) electrons. The summed E-state index contributed by atoms with van der Waals surface area (Å²) in [6.07, 6.45) is 6.25. The number of halogens is 1. The van der Waals surface area contributed by atoms with Gasteiger partial charge >= 0.3 is 0 Å². The Morgan fingerprint density at radius 3 is 1.76 bits per heavy atom. The van der Waals surface area contributed by atoms with Gasteiger partial charge in [0, 0.05) is 14.8 Å². The summed E-state index contributed by atoms with van der Waals surface area (Å²) in [5.41, 5.74) is 7.79. The third-order valence-electron chi connectivity index (χ3n) is 7.81. The highest BCUT2D eigenvalue weighted by Crippen LogP contribution is 2.61. The fourth-order valence-electron chi connectivity index (χ4n) is 5.98. The van der Waals surface area contributed by atoms with Gasteiger partial charge in [-0.05, 0) is 51.9 Å². The van der Waals surface area contributed by atoms with Crippen molar-refractivity contribution in [3.05, 3.63) is 165 Å². The summed E-state index contributed by atoms with van der Waals surface area (Å²) in [5.74, 6) is 2.48. The lowest BCUT2D eigenvalue weighted by molar-refractivity contribution is 0.749. The number of hydrogen-bond donors (Lipinski definition) is 0. The molecule has 0 saturated carbocycles. The maximum Gasteiger partial charge on any atom is 0.125 e. The van der Waals surface area contributed by atoms with Crippen LogP contribution >= 0.6 is 22.9 Å². The molecule has 0 fully saturated rings. The van der Waals surface area contributed by atoms with Crippen molar-refractivity contribution in [3.8, 4) is 33.2 Å². The van der Waals surface area contributed by atoms with E-state index in [1.165, 1.54) is 20.9 Å². The molecule has 5 aromatic rings. The molecule has 0 nitrogen and oxygen atoms in total. The Bertz CT molecular complexity index is 1790. The molecule has 0 aliphatic heterocycles. The van der Waals surface area contributed by atoms with Crippen LogP contribution in [0.4, 0.5) is 0 Å². The molecule has 1 heterocycles. The second kappa shape index (κ2) is 11.2. The number of rotatable bonds is 5. The SMILES string of the molecule is [B]/C(C#C)=C([B])/C([B])=C1\Cc2c(-c3ccc(Cl)cc3)sc(-c3ccccc3)c2C1(c1ccccc1)c1ccccc1. The molecule has 0 spiro atoms. The average Bonchev–Trinajstić information content (AvgIpc) is 3.58. The van der Waals surface area contributed by atoms with Gasteiger partial charge in [0.25, 0.3) is 0 Å².